The van der Waals surface area contributed by atoms with Gasteiger partial charge in [0.2, 0.25) is 10.0 Å². The summed E-state index contributed by atoms with van der Waals surface area (Å²) < 4.78 is 32.1. The summed E-state index contributed by atoms with van der Waals surface area (Å²) in [5.41, 5.74) is 5.21. The van der Waals surface area contributed by atoms with E-state index in [4.69, 9.17) is 4.98 Å². The largest absolute Gasteiger partial charge is 0.369 e. The number of imidazole rings is 1. The van der Waals surface area contributed by atoms with Gasteiger partial charge in [-0.05, 0) is 40.8 Å². The van der Waals surface area contributed by atoms with Gasteiger partial charge in [0.1, 0.15) is 10.4 Å². The highest BCUT2D eigenvalue weighted by molar-refractivity contribution is 7.89. The molecular formula is C39H36N4O2S. The van der Waals surface area contributed by atoms with E-state index >= 15 is 0 Å². The smallest absolute Gasteiger partial charge is 0.245 e. The molecule has 6 nitrogen and oxygen atoms in total. The van der Waals surface area contributed by atoms with Crippen molar-refractivity contribution in [3.05, 3.63) is 186 Å². The molecule has 0 fully saturated rings. The molecule has 0 saturated carbocycles. The molecule has 5 aromatic carbocycles. The lowest BCUT2D eigenvalue weighted by Gasteiger charge is -2.37. The zero-order valence-electron chi connectivity index (χ0n) is 25.6. The molecule has 0 amide bonds. The molecule has 0 spiro atoms. The quantitative estimate of drug-likeness (QED) is 0.163. The Kier molecular flexibility index (Phi) is 8.26. The molecule has 1 aromatic heterocycles. The van der Waals surface area contributed by atoms with Crippen LogP contribution in [0.25, 0.3) is 0 Å². The van der Waals surface area contributed by atoms with E-state index in [9.17, 15) is 8.42 Å². The summed E-state index contributed by atoms with van der Waals surface area (Å²) in [6, 6.07) is 48.9. The number of anilines is 1. The third-order valence-electron chi connectivity index (χ3n) is 8.89. The van der Waals surface area contributed by atoms with E-state index in [2.05, 4.69) is 94.4 Å². The van der Waals surface area contributed by atoms with Gasteiger partial charge >= 0.3 is 0 Å². The van der Waals surface area contributed by atoms with Crippen LogP contribution in [-0.4, -0.2) is 41.9 Å². The molecule has 0 unspecified atom stereocenters. The van der Waals surface area contributed by atoms with E-state index in [0.29, 0.717) is 23.7 Å². The Morgan fingerprint density at radius 3 is 1.74 bits per heavy atom. The Bertz CT molecular complexity index is 1900. The zero-order chi connectivity index (χ0) is 31.4. The zero-order valence-corrected chi connectivity index (χ0v) is 26.4. The van der Waals surface area contributed by atoms with Gasteiger partial charge in [-0.1, -0.05) is 133 Å². The van der Waals surface area contributed by atoms with E-state index in [1.807, 2.05) is 61.1 Å². The number of fused-ring (bicyclic) bond motifs is 1. The van der Waals surface area contributed by atoms with Crippen molar-refractivity contribution >= 4 is 15.7 Å². The Balaban J connectivity index is 1.25. The molecule has 230 valence electrons. The van der Waals surface area contributed by atoms with Crippen LogP contribution in [0.2, 0.25) is 0 Å². The van der Waals surface area contributed by atoms with E-state index in [0.717, 1.165) is 35.3 Å². The summed E-state index contributed by atoms with van der Waals surface area (Å²) >= 11 is 0. The highest BCUT2D eigenvalue weighted by atomic mass is 32.2. The number of benzene rings is 5. The summed E-state index contributed by atoms with van der Waals surface area (Å²) in [6.45, 7) is 1.85. The van der Waals surface area contributed by atoms with Crippen LogP contribution in [0.3, 0.4) is 0 Å². The van der Waals surface area contributed by atoms with Gasteiger partial charge in [-0.25, -0.2) is 13.4 Å². The normalized spacial score (nSPS) is 14.8. The Labute approximate surface area is 271 Å². The van der Waals surface area contributed by atoms with E-state index in [1.54, 1.807) is 16.4 Å². The second-order valence-corrected chi connectivity index (χ2v) is 13.5. The summed E-state index contributed by atoms with van der Waals surface area (Å²) in [5.74, 6) is 0. The highest BCUT2D eigenvalue weighted by Gasteiger charge is 2.39. The Morgan fingerprint density at radius 2 is 1.15 bits per heavy atom. The van der Waals surface area contributed by atoms with Crippen molar-refractivity contribution in [2.24, 2.45) is 0 Å². The maximum absolute atomic E-state index is 14.2. The van der Waals surface area contributed by atoms with Gasteiger partial charge in [0.15, 0.2) is 0 Å². The predicted molar refractivity (Wildman–Crippen MR) is 183 cm³/mol. The molecule has 0 saturated heterocycles. The fourth-order valence-electron chi connectivity index (χ4n) is 6.65. The van der Waals surface area contributed by atoms with Crippen molar-refractivity contribution in [1.82, 2.24) is 13.9 Å². The van der Waals surface area contributed by atoms with Crippen molar-refractivity contribution in [2.45, 2.75) is 23.4 Å². The van der Waals surface area contributed by atoms with Crippen molar-refractivity contribution in [1.29, 1.82) is 0 Å². The molecule has 1 aliphatic heterocycles. The topological polar surface area (TPSA) is 58.4 Å². The van der Waals surface area contributed by atoms with Crippen molar-refractivity contribution in [2.75, 3.05) is 24.5 Å². The van der Waals surface area contributed by atoms with E-state index < -0.39 is 15.6 Å². The van der Waals surface area contributed by atoms with Gasteiger partial charge in [0, 0.05) is 25.8 Å². The molecule has 1 aliphatic rings. The minimum Gasteiger partial charge on any atom is -0.369 e. The van der Waals surface area contributed by atoms with Gasteiger partial charge in [-0.2, -0.15) is 4.31 Å². The number of hydrogen-bond acceptors (Lipinski definition) is 4. The minimum atomic E-state index is -3.77. The van der Waals surface area contributed by atoms with Gasteiger partial charge in [-0.15, -0.1) is 0 Å². The Morgan fingerprint density at radius 1 is 0.630 bits per heavy atom. The van der Waals surface area contributed by atoms with Crippen molar-refractivity contribution < 1.29 is 8.42 Å². The average Bonchev–Trinajstić information content (AvgIpc) is 3.55. The predicted octanol–water partition coefficient (Wildman–Crippen LogP) is 6.98. The molecule has 2 heterocycles. The standard InChI is InChI=1S/C39H36N4O2S/c44-46(45)38-24-14-13-23-37(38)41(26-25-32-15-5-1-6-16-32)27-28-43(46)30-36-29-42(31-40-36)39(33-17-7-2-8-18-33,34-19-9-3-10-20-34)35-21-11-4-12-22-35/h1-24,29,31H,25-28,30H2. The third-order valence-corrected chi connectivity index (χ3v) is 10.8. The van der Waals surface area contributed by atoms with Crippen LogP contribution in [0.1, 0.15) is 27.9 Å². The van der Waals surface area contributed by atoms with Crippen molar-refractivity contribution in [3.63, 3.8) is 0 Å². The molecular weight excluding hydrogens is 589 g/mol. The lowest BCUT2D eigenvalue weighted by Crippen LogP contribution is -2.37. The SMILES string of the molecule is O=S1(=O)c2ccccc2N(CCc2ccccc2)CCN1Cc1cn(C(c2ccccc2)(c2ccccc2)c2ccccc2)cn1. The van der Waals surface area contributed by atoms with Gasteiger partial charge in [-0.3, -0.25) is 0 Å². The van der Waals surface area contributed by atoms with Crippen LogP contribution in [0.4, 0.5) is 5.69 Å². The van der Waals surface area contributed by atoms with Gasteiger partial charge in [0.25, 0.3) is 0 Å². The molecule has 0 bridgehead atoms. The molecule has 0 aliphatic carbocycles. The first-order chi connectivity index (χ1) is 22.6. The van der Waals surface area contributed by atoms with Crippen molar-refractivity contribution in [3.8, 4) is 0 Å². The summed E-state index contributed by atoms with van der Waals surface area (Å²) in [5, 5.41) is 0. The number of para-hydroxylation sites is 1. The fourth-order valence-corrected chi connectivity index (χ4v) is 8.26. The minimum absolute atomic E-state index is 0.171. The first-order valence-electron chi connectivity index (χ1n) is 15.6. The summed E-state index contributed by atoms with van der Waals surface area (Å²) in [7, 11) is -3.77. The number of aromatic nitrogens is 2. The van der Waals surface area contributed by atoms with Crippen LogP contribution >= 0.6 is 0 Å². The third kappa shape index (κ3) is 5.53. The van der Waals surface area contributed by atoms with Crippen LogP contribution in [-0.2, 0) is 28.5 Å². The number of nitrogens with zero attached hydrogens (tertiary/aromatic N) is 4. The molecule has 0 radical (unpaired) electrons. The number of sulfonamides is 1. The Hall–Kier alpha value is -4.98. The molecule has 7 heteroatoms. The maximum atomic E-state index is 14.2. The van der Waals surface area contributed by atoms with Crippen LogP contribution in [0.15, 0.2) is 163 Å². The first kappa shape index (κ1) is 29.7. The molecule has 7 rings (SSSR count). The second kappa shape index (κ2) is 12.8. The van der Waals surface area contributed by atoms with Crippen LogP contribution in [0.5, 0.6) is 0 Å². The maximum Gasteiger partial charge on any atom is 0.245 e. The fraction of sp³-hybridized carbons (Fsp3) is 0.154. The molecule has 46 heavy (non-hydrogen) atoms. The van der Waals surface area contributed by atoms with Gasteiger partial charge < -0.3 is 9.47 Å². The van der Waals surface area contributed by atoms with E-state index in [1.165, 1.54) is 5.56 Å². The monoisotopic (exact) mass is 624 g/mol. The van der Waals surface area contributed by atoms with E-state index in [-0.39, 0.29) is 6.54 Å². The molecule has 0 atom stereocenters. The highest BCUT2D eigenvalue weighted by Crippen LogP contribution is 2.41. The lowest BCUT2D eigenvalue weighted by atomic mass is 9.77. The summed E-state index contributed by atoms with van der Waals surface area (Å²) in [4.78, 5) is 7.38. The lowest BCUT2D eigenvalue weighted by molar-refractivity contribution is 0.411. The van der Waals surface area contributed by atoms with Crippen LogP contribution in [0, 0.1) is 0 Å². The second-order valence-electron chi connectivity index (χ2n) is 11.6. The first-order valence-corrected chi connectivity index (χ1v) is 17.1. The summed E-state index contributed by atoms with van der Waals surface area (Å²) in [6.07, 6.45) is 4.68. The number of rotatable bonds is 9. The molecule has 0 N–H and O–H groups in total. The van der Waals surface area contributed by atoms with Gasteiger partial charge in [0.05, 0.1) is 24.3 Å². The average molecular weight is 625 g/mol. The van der Waals surface area contributed by atoms with Crippen LogP contribution < -0.4 is 4.90 Å². The number of hydrogen-bond donors (Lipinski definition) is 0. The molecule has 6 aromatic rings.